The molecule has 3 rings (SSSR count). The Labute approximate surface area is 193 Å². The molecular weight excluding hydrogens is 430 g/mol. The molecule has 1 aliphatic rings. The number of nitrogens with one attached hydrogen (secondary N) is 1. The number of carbonyl (C=O) groups excluding carboxylic acids is 2. The minimum atomic E-state index is -0.434. The number of halogens is 1. The number of ether oxygens (including phenoxy) is 1. The molecule has 1 aromatic carbocycles. The molecule has 32 heavy (non-hydrogen) atoms. The van der Waals surface area contributed by atoms with Crippen LogP contribution in [-0.2, 0) is 16.0 Å². The minimum Gasteiger partial charge on any atom is -0.465 e. The Morgan fingerprint density at radius 3 is 2.56 bits per heavy atom. The van der Waals surface area contributed by atoms with Crippen molar-refractivity contribution >= 4 is 29.4 Å². The van der Waals surface area contributed by atoms with Crippen molar-refractivity contribution in [1.82, 2.24) is 20.2 Å². The summed E-state index contributed by atoms with van der Waals surface area (Å²) in [5.41, 5.74) is 3.18. The Bertz CT molecular complexity index is 951. The van der Waals surface area contributed by atoms with E-state index in [1.165, 1.54) is 0 Å². The second kappa shape index (κ2) is 11.1. The van der Waals surface area contributed by atoms with E-state index in [-0.39, 0.29) is 12.6 Å². The van der Waals surface area contributed by atoms with Gasteiger partial charge in [-0.3, -0.25) is 4.79 Å². The molecule has 0 atom stereocenters. The van der Waals surface area contributed by atoms with Gasteiger partial charge in [-0.25, -0.2) is 14.8 Å². The third-order valence-electron chi connectivity index (χ3n) is 5.37. The molecule has 0 aliphatic carbocycles. The van der Waals surface area contributed by atoms with Gasteiger partial charge in [0, 0.05) is 48.9 Å². The van der Waals surface area contributed by atoms with E-state index in [2.05, 4.69) is 15.2 Å². The number of hydrogen-bond acceptors (Lipinski definition) is 6. The highest BCUT2D eigenvalue weighted by Gasteiger charge is 2.23. The number of anilines is 1. The fourth-order valence-electron chi connectivity index (χ4n) is 3.80. The van der Waals surface area contributed by atoms with Crippen molar-refractivity contribution in [2.45, 2.75) is 33.6 Å². The van der Waals surface area contributed by atoms with Crippen molar-refractivity contribution in [1.29, 1.82) is 0 Å². The average Bonchev–Trinajstić information content (AvgIpc) is 3.02. The second-order valence-electron chi connectivity index (χ2n) is 7.75. The largest absolute Gasteiger partial charge is 0.465 e. The van der Waals surface area contributed by atoms with Crippen LogP contribution >= 0.6 is 11.6 Å². The van der Waals surface area contributed by atoms with Gasteiger partial charge in [-0.2, -0.15) is 0 Å². The lowest BCUT2D eigenvalue weighted by Gasteiger charge is -2.26. The predicted molar refractivity (Wildman–Crippen MR) is 124 cm³/mol. The molecule has 2 heterocycles. The van der Waals surface area contributed by atoms with Crippen LogP contribution < -0.4 is 10.2 Å². The molecule has 0 radical (unpaired) electrons. The summed E-state index contributed by atoms with van der Waals surface area (Å²) in [6, 6.07) is 7.56. The van der Waals surface area contributed by atoms with Gasteiger partial charge in [0.25, 0.3) is 0 Å². The van der Waals surface area contributed by atoms with Gasteiger partial charge in [0.1, 0.15) is 18.2 Å². The topological polar surface area (TPSA) is 87.7 Å². The predicted octanol–water partition coefficient (Wildman–Crippen LogP) is 3.12. The zero-order valence-electron chi connectivity index (χ0n) is 18.9. The van der Waals surface area contributed by atoms with Crippen LogP contribution in [0.25, 0.3) is 0 Å². The van der Waals surface area contributed by atoms with Gasteiger partial charge >= 0.3 is 12.0 Å². The molecule has 1 aliphatic heterocycles. The van der Waals surface area contributed by atoms with Gasteiger partial charge in [-0.15, -0.1) is 0 Å². The van der Waals surface area contributed by atoms with Gasteiger partial charge in [-0.05, 0) is 44.9 Å². The molecule has 2 aromatic rings. The summed E-state index contributed by atoms with van der Waals surface area (Å²) in [5, 5.41) is 3.35. The highest BCUT2D eigenvalue weighted by Crippen LogP contribution is 2.25. The number of carbonyl (C=O) groups is 2. The number of rotatable bonds is 6. The van der Waals surface area contributed by atoms with Gasteiger partial charge in [0.2, 0.25) is 0 Å². The van der Waals surface area contributed by atoms with E-state index in [0.29, 0.717) is 37.7 Å². The summed E-state index contributed by atoms with van der Waals surface area (Å²) >= 11 is 6.04. The van der Waals surface area contributed by atoms with Crippen LogP contribution in [-0.4, -0.2) is 66.2 Å². The van der Waals surface area contributed by atoms with Crippen molar-refractivity contribution in [3.63, 3.8) is 0 Å². The van der Waals surface area contributed by atoms with Crippen LogP contribution in [0.5, 0.6) is 0 Å². The van der Waals surface area contributed by atoms with Crippen LogP contribution in [0.3, 0.4) is 0 Å². The first-order chi connectivity index (χ1) is 15.4. The Hall–Kier alpha value is -2.87. The smallest absolute Gasteiger partial charge is 0.325 e. The number of hydrogen-bond donors (Lipinski definition) is 1. The quantitative estimate of drug-likeness (QED) is 0.668. The van der Waals surface area contributed by atoms with E-state index in [0.717, 1.165) is 41.4 Å². The molecule has 0 spiro atoms. The Kier molecular flexibility index (Phi) is 8.27. The van der Waals surface area contributed by atoms with E-state index < -0.39 is 5.97 Å². The fourth-order valence-corrected chi connectivity index (χ4v) is 3.92. The molecule has 0 unspecified atom stereocenters. The number of urea groups is 1. The second-order valence-corrected chi connectivity index (χ2v) is 8.19. The van der Waals surface area contributed by atoms with E-state index in [4.69, 9.17) is 21.3 Å². The van der Waals surface area contributed by atoms with Gasteiger partial charge < -0.3 is 19.9 Å². The van der Waals surface area contributed by atoms with E-state index >= 15 is 0 Å². The minimum absolute atomic E-state index is 0.123. The normalized spacial score (nSPS) is 14.1. The van der Waals surface area contributed by atoms with Crippen LogP contribution in [0.1, 0.15) is 36.0 Å². The highest BCUT2D eigenvalue weighted by molar-refractivity contribution is 6.30. The number of benzene rings is 1. The zero-order chi connectivity index (χ0) is 23.1. The van der Waals surface area contributed by atoms with Crippen molar-refractivity contribution < 1.29 is 14.3 Å². The summed E-state index contributed by atoms with van der Waals surface area (Å²) in [4.78, 5) is 37.3. The number of aromatic nitrogens is 2. The SMILES string of the molecule is CCOC(=O)CNC(=O)N1CCCN(c2nc(C)nc(C)c2Cc2ccc(Cl)cc2)CC1. The third-order valence-corrected chi connectivity index (χ3v) is 5.62. The lowest BCUT2D eigenvalue weighted by molar-refractivity contribution is -0.141. The standard InChI is InChI=1S/C23H30ClN5O3/c1-4-32-21(30)15-25-23(31)29-11-5-10-28(12-13-29)22-20(16(2)26-17(3)27-22)14-18-6-8-19(24)9-7-18/h6-9H,4-5,10-15H2,1-3H3,(H,25,31). The number of esters is 1. The van der Waals surface area contributed by atoms with E-state index in [9.17, 15) is 9.59 Å². The molecule has 172 valence electrons. The maximum Gasteiger partial charge on any atom is 0.325 e. The van der Waals surface area contributed by atoms with Crippen LogP contribution in [0, 0.1) is 13.8 Å². The first kappa shape index (κ1) is 23.8. The average molecular weight is 460 g/mol. The lowest BCUT2D eigenvalue weighted by Crippen LogP contribution is -2.44. The zero-order valence-corrected chi connectivity index (χ0v) is 19.6. The molecular formula is C23H30ClN5O3. The highest BCUT2D eigenvalue weighted by atomic mass is 35.5. The molecule has 1 aromatic heterocycles. The summed E-state index contributed by atoms with van der Waals surface area (Å²) in [5.74, 6) is 1.21. The Morgan fingerprint density at radius 2 is 1.84 bits per heavy atom. The summed E-state index contributed by atoms with van der Waals surface area (Å²) in [7, 11) is 0. The molecule has 8 nitrogen and oxygen atoms in total. The van der Waals surface area contributed by atoms with Crippen LogP contribution in [0.2, 0.25) is 5.02 Å². The van der Waals surface area contributed by atoms with E-state index in [1.54, 1.807) is 11.8 Å². The molecule has 1 saturated heterocycles. The van der Waals surface area contributed by atoms with E-state index in [1.807, 2.05) is 38.1 Å². The molecule has 1 fully saturated rings. The van der Waals surface area contributed by atoms with Gasteiger partial charge in [-0.1, -0.05) is 23.7 Å². The van der Waals surface area contributed by atoms with Gasteiger partial charge in [0.05, 0.1) is 6.61 Å². The molecule has 0 saturated carbocycles. The Morgan fingerprint density at radius 1 is 1.09 bits per heavy atom. The van der Waals surface area contributed by atoms with Crippen molar-refractivity contribution in [2.24, 2.45) is 0 Å². The summed E-state index contributed by atoms with van der Waals surface area (Å²) in [6.45, 7) is 8.40. The fraction of sp³-hybridized carbons (Fsp3) is 0.478. The molecule has 0 bridgehead atoms. The first-order valence-electron chi connectivity index (χ1n) is 10.9. The molecule has 9 heteroatoms. The maximum atomic E-state index is 12.5. The third kappa shape index (κ3) is 6.32. The van der Waals surface area contributed by atoms with Crippen LogP contribution in [0.15, 0.2) is 24.3 Å². The monoisotopic (exact) mass is 459 g/mol. The van der Waals surface area contributed by atoms with Crippen molar-refractivity contribution in [3.8, 4) is 0 Å². The molecule has 1 N–H and O–H groups in total. The maximum absolute atomic E-state index is 12.5. The lowest BCUT2D eigenvalue weighted by atomic mass is 10.0. The Balaban J connectivity index is 1.72. The first-order valence-corrected chi connectivity index (χ1v) is 11.3. The van der Waals surface area contributed by atoms with Crippen molar-refractivity contribution in [3.05, 3.63) is 51.9 Å². The summed E-state index contributed by atoms with van der Waals surface area (Å²) in [6.07, 6.45) is 1.51. The number of amides is 2. The van der Waals surface area contributed by atoms with Crippen LogP contribution in [0.4, 0.5) is 10.6 Å². The molecule has 2 amide bonds. The van der Waals surface area contributed by atoms with Gasteiger partial charge in [0.15, 0.2) is 0 Å². The summed E-state index contributed by atoms with van der Waals surface area (Å²) < 4.78 is 4.87. The van der Waals surface area contributed by atoms with Crippen molar-refractivity contribution in [2.75, 3.05) is 44.2 Å². The number of nitrogens with zero attached hydrogens (tertiary/aromatic N) is 4. The number of aryl methyl sites for hydroxylation is 2.